The maximum Gasteiger partial charge on any atom is 0.291 e. The van der Waals surface area contributed by atoms with Gasteiger partial charge < -0.3 is 19.9 Å². The third kappa shape index (κ3) is 4.90. The van der Waals surface area contributed by atoms with Crippen LogP contribution in [0.3, 0.4) is 0 Å². The second kappa shape index (κ2) is 9.87. The highest BCUT2D eigenvalue weighted by molar-refractivity contribution is 14.1. The zero-order valence-corrected chi connectivity index (χ0v) is 17.8. The van der Waals surface area contributed by atoms with E-state index in [1.807, 2.05) is 22.6 Å². The fraction of sp³-hybridized carbons (Fsp3) is 0.444. The Bertz CT molecular complexity index is 830. The van der Waals surface area contributed by atoms with Crippen LogP contribution in [-0.2, 0) is 19.8 Å². The molecule has 2 N–H and O–H groups in total. The Kier molecular flexibility index (Phi) is 8.02. The Labute approximate surface area is 179 Å². The lowest BCUT2D eigenvalue weighted by molar-refractivity contribution is -0.536. The molecule has 0 heterocycles. The summed E-state index contributed by atoms with van der Waals surface area (Å²) in [5.74, 6) is -3.96. The maximum absolute atomic E-state index is 14.8. The first-order chi connectivity index (χ1) is 13.7. The number of ether oxygens (including phenoxy) is 3. The van der Waals surface area contributed by atoms with E-state index in [-0.39, 0.29) is 18.8 Å². The minimum atomic E-state index is -2.35. The Hall–Kier alpha value is -1.70. The quantitative estimate of drug-likeness (QED) is 0.227. The maximum atomic E-state index is 14.8. The van der Waals surface area contributed by atoms with Crippen LogP contribution in [0.1, 0.15) is 19.4 Å². The summed E-state index contributed by atoms with van der Waals surface area (Å²) in [5, 5.41) is 11.8. The number of nitrogens with zero attached hydrogens (tertiary/aromatic N) is 1. The lowest BCUT2D eigenvalue weighted by Gasteiger charge is -2.36. The normalized spacial score (nSPS) is 22.2. The summed E-state index contributed by atoms with van der Waals surface area (Å²) in [4.78, 5) is 10.8. The van der Waals surface area contributed by atoms with Gasteiger partial charge in [0.15, 0.2) is 23.5 Å². The molecule has 0 saturated carbocycles. The average Bonchev–Trinajstić information content (AvgIpc) is 2.64. The second-order valence-corrected chi connectivity index (χ2v) is 7.26. The third-order valence-electron chi connectivity index (χ3n) is 4.23. The molecule has 0 radical (unpaired) electrons. The number of halogens is 4. The molecule has 2 rings (SSSR count). The smallest absolute Gasteiger partial charge is 0.291 e. The number of nitrogens with two attached hydrogens (primary N) is 1. The summed E-state index contributed by atoms with van der Waals surface area (Å²) >= 11 is 1.84. The van der Waals surface area contributed by atoms with Gasteiger partial charge in [-0.15, -0.1) is 0 Å². The highest BCUT2D eigenvalue weighted by Gasteiger charge is 2.56. The van der Waals surface area contributed by atoms with Crippen LogP contribution >= 0.6 is 22.6 Å². The summed E-state index contributed by atoms with van der Waals surface area (Å²) in [5.41, 5.74) is 1.83. The molecule has 160 valence electrons. The summed E-state index contributed by atoms with van der Waals surface area (Å²) in [6.45, 7) is 3.43. The average molecular weight is 528 g/mol. The highest BCUT2D eigenvalue weighted by Crippen LogP contribution is 2.43. The van der Waals surface area contributed by atoms with E-state index in [0.29, 0.717) is 9.65 Å². The number of hydrogen-bond acceptors (Lipinski definition) is 6. The SMILES string of the molecule is CCOC(COC1(c2ccc(I)cc2F)C=C(F)C(F)=C(N)C1[N+](=O)[O-])OCC. The van der Waals surface area contributed by atoms with Crippen molar-refractivity contribution >= 4 is 22.6 Å². The Morgan fingerprint density at radius 1 is 1.28 bits per heavy atom. The van der Waals surface area contributed by atoms with Gasteiger partial charge >= 0.3 is 0 Å². The van der Waals surface area contributed by atoms with Gasteiger partial charge in [-0.2, -0.15) is 0 Å². The summed E-state index contributed by atoms with van der Waals surface area (Å²) in [6.07, 6.45) is -0.429. The summed E-state index contributed by atoms with van der Waals surface area (Å²) < 4.78 is 60.0. The van der Waals surface area contributed by atoms with E-state index < -0.39 is 52.6 Å². The van der Waals surface area contributed by atoms with Crippen molar-refractivity contribution in [3.8, 4) is 0 Å². The minimum absolute atomic E-state index is 0.235. The molecule has 7 nitrogen and oxygen atoms in total. The van der Waals surface area contributed by atoms with Gasteiger partial charge in [-0.05, 0) is 54.6 Å². The van der Waals surface area contributed by atoms with Crippen LogP contribution in [0.4, 0.5) is 13.2 Å². The Balaban J connectivity index is 2.63. The monoisotopic (exact) mass is 528 g/mol. The molecule has 1 aromatic carbocycles. The van der Waals surface area contributed by atoms with Crippen molar-refractivity contribution in [2.45, 2.75) is 31.8 Å². The second-order valence-electron chi connectivity index (χ2n) is 6.02. The van der Waals surface area contributed by atoms with Gasteiger partial charge in [0.05, 0.1) is 6.61 Å². The number of allylic oxidation sites excluding steroid dienone is 2. The standard InChI is InChI=1S/C18H20F3IN2O5/c1-3-27-14(28-4-2)9-29-18(11-6-5-10(22)7-12(11)19)8-13(20)15(21)16(23)17(18)24(25)26/h5-8,14,17H,3-4,9,23H2,1-2H3. The predicted molar refractivity (Wildman–Crippen MR) is 106 cm³/mol. The van der Waals surface area contributed by atoms with Gasteiger partial charge in [-0.25, -0.2) is 13.2 Å². The molecule has 2 unspecified atom stereocenters. The van der Waals surface area contributed by atoms with Gasteiger partial charge in [0, 0.05) is 27.3 Å². The van der Waals surface area contributed by atoms with E-state index in [4.69, 9.17) is 19.9 Å². The van der Waals surface area contributed by atoms with E-state index in [9.17, 15) is 23.3 Å². The van der Waals surface area contributed by atoms with E-state index in [1.165, 1.54) is 12.1 Å². The molecule has 2 atom stereocenters. The van der Waals surface area contributed by atoms with Crippen LogP contribution in [0.5, 0.6) is 0 Å². The number of hydrogen-bond donors (Lipinski definition) is 1. The van der Waals surface area contributed by atoms with Crippen molar-refractivity contribution < 1.29 is 32.3 Å². The molecular formula is C18H20F3IN2O5. The van der Waals surface area contributed by atoms with Crippen molar-refractivity contribution in [3.63, 3.8) is 0 Å². The number of benzene rings is 1. The van der Waals surface area contributed by atoms with Gasteiger partial charge in [0.25, 0.3) is 6.04 Å². The fourth-order valence-electron chi connectivity index (χ4n) is 3.04. The molecule has 1 aliphatic rings. The third-order valence-corrected chi connectivity index (χ3v) is 4.90. The highest BCUT2D eigenvalue weighted by atomic mass is 127. The molecule has 0 aromatic heterocycles. The van der Waals surface area contributed by atoms with E-state index in [2.05, 4.69) is 0 Å². The molecule has 0 spiro atoms. The first kappa shape index (κ1) is 23.6. The minimum Gasteiger partial charge on any atom is -0.394 e. The van der Waals surface area contributed by atoms with E-state index in [1.54, 1.807) is 13.8 Å². The Morgan fingerprint density at radius 2 is 1.90 bits per heavy atom. The van der Waals surface area contributed by atoms with Crippen molar-refractivity contribution in [3.05, 3.63) is 66.7 Å². The number of rotatable bonds is 9. The van der Waals surface area contributed by atoms with Crippen molar-refractivity contribution in [2.75, 3.05) is 19.8 Å². The van der Waals surface area contributed by atoms with Crippen molar-refractivity contribution in [1.82, 2.24) is 0 Å². The molecule has 0 fully saturated rings. The van der Waals surface area contributed by atoms with Gasteiger partial charge in [-0.1, -0.05) is 6.07 Å². The van der Waals surface area contributed by atoms with Crippen molar-refractivity contribution in [1.29, 1.82) is 0 Å². The molecular weight excluding hydrogens is 508 g/mol. The molecule has 0 bridgehead atoms. The van der Waals surface area contributed by atoms with E-state index in [0.717, 1.165) is 6.07 Å². The first-order valence-electron chi connectivity index (χ1n) is 8.67. The topological polar surface area (TPSA) is 96.9 Å². The van der Waals surface area contributed by atoms with Gasteiger partial charge in [-0.3, -0.25) is 10.1 Å². The van der Waals surface area contributed by atoms with E-state index >= 15 is 0 Å². The van der Waals surface area contributed by atoms with Gasteiger partial charge in [0.1, 0.15) is 11.5 Å². The van der Waals surface area contributed by atoms with Crippen LogP contribution in [0, 0.1) is 19.5 Å². The summed E-state index contributed by atoms with van der Waals surface area (Å²) in [6, 6.07) is 1.65. The van der Waals surface area contributed by atoms with Crippen LogP contribution < -0.4 is 5.73 Å². The van der Waals surface area contributed by atoms with Crippen LogP contribution in [0.25, 0.3) is 0 Å². The Morgan fingerprint density at radius 3 is 2.41 bits per heavy atom. The lowest BCUT2D eigenvalue weighted by Crippen LogP contribution is -2.52. The molecule has 1 aliphatic carbocycles. The largest absolute Gasteiger partial charge is 0.394 e. The molecule has 0 amide bonds. The van der Waals surface area contributed by atoms with Crippen molar-refractivity contribution in [2.24, 2.45) is 5.73 Å². The fourth-order valence-corrected chi connectivity index (χ4v) is 3.49. The molecule has 29 heavy (non-hydrogen) atoms. The molecule has 11 heteroatoms. The van der Waals surface area contributed by atoms with Gasteiger partial charge in [0.2, 0.25) is 0 Å². The first-order valence-corrected chi connectivity index (χ1v) is 9.75. The zero-order valence-electron chi connectivity index (χ0n) is 15.7. The molecule has 0 aliphatic heterocycles. The molecule has 1 aromatic rings. The predicted octanol–water partition coefficient (Wildman–Crippen LogP) is 3.69. The molecule has 0 saturated heterocycles. The van der Waals surface area contributed by atoms with Crippen LogP contribution in [-0.4, -0.2) is 37.1 Å². The number of nitro groups is 1. The summed E-state index contributed by atoms with van der Waals surface area (Å²) in [7, 11) is 0. The van der Waals surface area contributed by atoms with Crippen LogP contribution in [0.2, 0.25) is 0 Å². The zero-order chi connectivity index (χ0) is 21.8. The van der Waals surface area contributed by atoms with Crippen LogP contribution in [0.15, 0.2) is 41.6 Å². The lowest BCUT2D eigenvalue weighted by atomic mass is 9.80.